The van der Waals surface area contributed by atoms with Gasteiger partial charge in [0.1, 0.15) is 12.4 Å². The molecule has 3 rings (SSSR count). The molecule has 2 N–H and O–H groups in total. The minimum absolute atomic E-state index is 0.141. The predicted octanol–water partition coefficient (Wildman–Crippen LogP) is 3.27. The highest BCUT2D eigenvalue weighted by Gasteiger charge is 2.33. The van der Waals surface area contributed by atoms with Gasteiger partial charge in [0.15, 0.2) is 5.11 Å². The number of ether oxygens (including phenoxy) is 3. The van der Waals surface area contributed by atoms with Crippen LogP contribution in [0.1, 0.15) is 28.9 Å². The lowest BCUT2D eigenvalue weighted by atomic mass is 9.94. The largest absolute Gasteiger partial charge is 0.496 e. The van der Waals surface area contributed by atoms with Gasteiger partial charge in [-0.1, -0.05) is 24.3 Å². The van der Waals surface area contributed by atoms with E-state index < -0.39 is 12.0 Å². The summed E-state index contributed by atoms with van der Waals surface area (Å²) in [6.45, 7) is 2.26. The van der Waals surface area contributed by atoms with Crippen molar-refractivity contribution in [1.29, 1.82) is 0 Å². The fourth-order valence-electron chi connectivity index (χ4n) is 3.47. The van der Waals surface area contributed by atoms with E-state index in [4.69, 9.17) is 26.4 Å². The van der Waals surface area contributed by atoms with Crippen molar-refractivity contribution < 1.29 is 23.8 Å². The van der Waals surface area contributed by atoms with Crippen molar-refractivity contribution in [3.63, 3.8) is 0 Å². The molecule has 174 valence electrons. The van der Waals surface area contributed by atoms with Gasteiger partial charge < -0.3 is 29.7 Å². The van der Waals surface area contributed by atoms with Crippen LogP contribution in [-0.2, 0) is 14.3 Å². The maximum atomic E-state index is 12.9. The van der Waals surface area contributed by atoms with Crippen LogP contribution < -0.4 is 15.4 Å². The Labute approximate surface area is 198 Å². The number of hydrogen-bond acceptors (Lipinski definition) is 6. The van der Waals surface area contributed by atoms with Crippen LogP contribution in [-0.4, -0.2) is 56.4 Å². The Morgan fingerprint density at radius 1 is 1.12 bits per heavy atom. The maximum Gasteiger partial charge on any atom is 0.338 e. The van der Waals surface area contributed by atoms with Gasteiger partial charge in [0, 0.05) is 25.5 Å². The molecule has 2 aromatic carbocycles. The predicted molar refractivity (Wildman–Crippen MR) is 129 cm³/mol. The summed E-state index contributed by atoms with van der Waals surface area (Å²) in [5.74, 6) is -0.282. The van der Waals surface area contributed by atoms with Crippen LogP contribution in [0, 0.1) is 0 Å². The summed E-state index contributed by atoms with van der Waals surface area (Å²) >= 11 is 5.45. The van der Waals surface area contributed by atoms with Gasteiger partial charge in [0.05, 0.1) is 30.9 Å². The van der Waals surface area contributed by atoms with Crippen molar-refractivity contribution in [1.82, 2.24) is 10.2 Å². The summed E-state index contributed by atoms with van der Waals surface area (Å²) in [6.07, 6.45) is 0. The molecular formula is C24H27N3O5S. The Morgan fingerprint density at radius 3 is 2.61 bits per heavy atom. The Morgan fingerprint density at radius 2 is 1.88 bits per heavy atom. The summed E-state index contributed by atoms with van der Waals surface area (Å²) in [5.41, 5.74) is 2.87. The number of methoxy groups -OCH3 is 2. The van der Waals surface area contributed by atoms with Crippen LogP contribution in [0.25, 0.3) is 0 Å². The van der Waals surface area contributed by atoms with Crippen molar-refractivity contribution in [2.24, 2.45) is 0 Å². The number of benzene rings is 2. The van der Waals surface area contributed by atoms with E-state index in [0.29, 0.717) is 40.0 Å². The van der Waals surface area contributed by atoms with Crippen LogP contribution in [0.2, 0.25) is 0 Å². The highest BCUT2D eigenvalue weighted by Crippen LogP contribution is 2.32. The number of anilines is 1. The molecule has 0 spiro atoms. The van der Waals surface area contributed by atoms with Crippen molar-refractivity contribution in [2.45, 2.75) is 13.0 Å². The van der Waals surface area contributed by atoms with Crippen LogP contribution in [0.4, 0.5) is 5.69 Å². The summed E-state index contributed by atoms with van der Waals surface area (Å²) in [4.78, 5) is 27.5. The molecule has 0 fully saturated rings. The molecule has 0 aromatic heterocycles. The van der Waals surface area contributed by atoms with Crippen molar-refractivity contribution in [3.05, 3.63) is 70.9 Å². The number of amides is 1. The molecule has 1 atom stereocenters. The van der Waals surface area contributed by atoms with Crippen LogP contribution in [0.5, 0.6) is 5.75 Å². The van der Waals surface area contributed by atoms with Crippen LogP contribution >= 0.6 is 12.2 Å². The first-order chi connectivity index (χ1) is 15.9. The lowest BCUT2D eigenvalue weighted by Gasteiger charge is -2.35. The standard InChI is InChI=1S/C24H27N3O5S/c1-15-20(23(29)32-13-12-30-3)21(26-24(33)27(15)2)16-8-7-9-17(14-16)25-22(28)18-10-5-6-11-19(18)31-4/h5-11,14,21H,12-13H2,1-4H3,(H,25,28)(H,26,33). The second-order valence-corrected chi connectivity index (χ2v) is 7.74. The smallest absolute Gasteiger partial charge is 0.338 e. The first-order valence-electron chi connectivity index (χ1n) is 10.3. The van der Waals surface area contributed by atoms with E-state index in [1.165, 1.54) is 7.11 Å². The third kappa shape index (κ3) is 5.50. The van der Waals surface area contributed by atoms with Gasteiger partial charge in [0.2, 0.25) is 0 Å². The monoisotopic (exact) mass is 469 g/mol. The zero-order chi connectivity index (χ0) is 24.0. The summed E-state index contributed by atoms with van der Waals surface area (Å²) in [7, 11) is 4.84. The van der Waals surface area contributed by atoms with Gasteiger partial charge in [0.25, 0.3) is 5.91 Å². The fraction of sp³-hybridized carbons (Fsp3) is 0.292. The number of nitrogens with one attached hydrogen (secondary N) is 2. The van der Waals surface area contributed by atoms with Crippen molar-refractivity contribution >= 4 is 34.9 Å². The number of rotatable bonds is 8. The van der Waals surface area contributed by atoms with Crippen LogP contribution in [0.15, 0.2) is 59.8 Å². The number of nitrogens with zero attached hydrogens (tertiary/aromatic N) is 1. The molecule has 0 aliphatic carbocycles. The summed E-state index contributed by atoms with van der Waals surface area (Å²) in [5, 5.41) is 6.57. The third-order valence-electron chi connectivity index (χ3n) is 5.32. The molecule has 2 aromatic rings. The molecule has 0 bridgehead atoms. The molecule has 1 heterocycles. The average molecular weight is 470 g/mol. The normalized spacial score (nSPS) is 15.7. The molecule has 9 heteroatoms. The lowest BCUT2D eigenvalue weighted by molar-refractivity contribution is -0.140. The number of thiocarbonyl (C=S) groups is 1. The maximum absolute atomic E-state index is 12.9. The molecule has 0 saturated heterocycles. The van der Waals surface area contributed by atoms with Gasteiger partial charge in [-0.3, -0.25) is 4.79 Å². The topological polar surface area (TPSA) is 89.1 Å². The van der Waals surface area contributed by atoms with Gasteiger partial charge >= 0.3 is 5.97 Å². The number of para-hydroxylation sites is 1. The lowest BCUT2D eigenvalue weighted by Crippen LogP contribution is -2.46. The van der Waals surface area contributed by atoms with E-state index in [0.717, 1.165) is 5.56 Å². The number of carbonyl (C=O) groups is 2. The zero-order valence-electron chi connectivity index (χ0n) is 19.0. The summed E-state index contributed by atoms with van der Waals surface area (Å²) in [6, 6.07) is 13.7. The molecule has 1 aliphatic heterocycles. The first kappa shape index (κ1) is 24.2. The highest BCUT2D eigenvalue weighted by molar-refractivity contribution is 7.80. The van der Waals surface area contributed by atoms with Gasteiger partial charge in [-0.25, -0.2) is 4.79 Å². The number of carbonyl (C=O) groups excluding carboxylic acids is 2. The SMILES string of the molecule is COCCOC(=O)C1=C(C)N(C)C(=S)NC1c1cccc(NC(=O)c2ccccc2OC)c1. The molecule has 0 saturated carbocycles. The van der Waals surface area contributed by atoms with E-state index >= 15 is 0 Å². The van der Waals surface area contributed by atoms with E-state index in [2.05, 4.69) is 10.6 Å². The molecular weight excluding hydrogens is 442 g/mol. The summed E-state index contributed by atoms with van der Waals surface area (Å²) < 4.78 is 15.6. The molecule has 1 aliphatic rings. The first-order valence-corrected chi connectivity index (χ1v) is 10.7. The second kappa shape index (κ2) is 10.9. The molecule has 0 radical (unpaired) electrons. The second-order valence-electron chi connectivity index (χ2n) is 7.35. The average Bonchev–Trinajstić information content (AvgIpc) is 2.82. The zero-order valence-corrected chi connectivity index (χ0v) is 19.8. The fourth-order valence-corrected chi connectivity index (χ4v) is 3.73. The third-order valence-corrected chi connectivity index (χ3v) is 5.72. The molecule has 33 heavy (non-hydrogen) atoms. The minimum atomic E-state index is -0.535. The van der Waals surface area contributed by atoms with Crippen molar-refractivity contribution in [2.75, 3.05) is 39.8 Å². The molecule has 1 unspecified atom stereocenters. The Balaban J connectivity index is 1.89. The Hall–Kier alpha value is -3.43. The molecule has 1 amide bonds. The Bertz CT molecular complexity index is 1090. The Kier molecular flexibility index (Phi) is 8.02. The van der Waals surface area contributed by atoms with Gasteiger partial charge in [-0.2, -0.15) is 0 Å². The highest BCUT2D eigenvalue weighted by atomic mass is 32.1. The van der Waals surface area contributed by atoms with Gasteiger partial charge in [-0.05, 0) is 49.0 Å². The van der Waals surface area contributed by atoms with E-state index in [-0.39, 0.29) is 12.5 Å². The van der Waals surface area contributed by atoms with E-state index in [1.54, 1.807) is 61.5 Å². The molecule has 8 nitrogen and oxygen atoms in total. The van der Waals surface area contributed by atoms with Crippen molar-refractivity contribution in [3.8, 4) is 5.75 Å². The van der Waals surface area contributed by atoms with E-state index in [9.17, 15) is 9.59 Å². The number of allylic oxidation sites excluding steroid dienone is 1. The number of esters is 1. The van der Waals surface area contributed by atoms with Crippen LogP contribution in [0.3, 0.4) is 0 Å². The minimum Gasteiger partial charge on any atom is -0.496 e. The number of hydrogen-bond donors (Lipinski definition) is 2. The quantitative estimate of drug-likeness (QED) is 0.346. The van der Waals surface area contributed by atoms with Gasteiger partial charge in [-0.15, -0.1) is 0 Å². The van der Waals surface area contributed by atoms with E-state index in [1.807, 2.05) is 13.0 Å².